The molecule has 0 saturated heterocycles. The van der Waals surface area contributed by atoms with Gasteiger partial charge in [0.2, 0.25) is 0 Å². The topological polar surface area (TPSA) is 69.6 Å². The summed E-state index contributed by atoms with van der Waals surface area (Å²) in [7, 11) is 0. The number of nitrogens with two attached hydrogens (primary N) is 1. The Morgan fingerprint density at radius 2 is 2.00 bits per heavy atom. The van der Waals surface area contributed by atoms with Crippen LogP contribution in [0.1, 0.15) is 5.56 Å². The highest BCUT2D eigenvalue weighted by Crippen LogP contribution is 2.25. The Morgan fingerprint density at radius 3 is 2.71 bits per heavy atom. The Kier molecular flexibility index (Phi) is 3.42. The van der Waals surface area contributed by atoms with E-state index in [1.807, 2.05) is 25.1 Å². The molecule has 2 N–H and O–H groups in total. The first-order valence-corrected chi connectivity index (χ1v) is 6.96. The van der Waals surface area contributed by atoms with Crippen LogP contribution in [0.25, 0.3) is 17.1 Å². The zero-order valence-corrected chi connectivity index (χ0v) is 12.7. The predicted octanol–water partition coefficient (Wildman–Crippen LogP) is 3.12. The third-order valence-corrected chi connectivity index (χ3v) is 3.76. The minimum absolute atomic E-state index is 0.340. The van der Waals surface area contributed by atoms with Crippen LogP contribution >= 0.6 is 15.9 Å². The van der Waals surface area contributed by atoms with E-state index in [1.165, 1.54) is 10.7 Å². The quantitative estimate of drug-likeness (QED) is 0.723. The fourth-order valence-electron chi connectivity index (χ4n) is 1.94. The molecule has 0 saturated carbocycles. The van der Waals surface area contributed by atoms with Crippen LogP contribution in [-0.4, -0.2) is 20.2 Å². The second-order valence-corrected chi connectivity index (χ2v) is 5.44. The van der Waals surface area contributed by atoms with Crippen molar-refractivity contribution in [2.24, 2.45) is 0 Å². The van der Waals surface area contributed by atoms with Gasteiger partial charge in [-0.15, -0.1) is 5.10 Å². The van der Waals surface area contributed by atoms with Gasteiger partial charge in [-0.3, -0.25) is 0 Å². The van der Waals surface area contributed by atoms with Gasteiger partial charge in [0.15, 0.2) is 5.82 Å². The van der Waals surface area contributed by atoms with Crippen molar-refractivity contribution in [3.8, 4) is 17.1 Å². The van der Waals surface area contributed by atoms with Crippen LogP contribution in [0.4, 0.5) is 10.1 Å². The zero-order chi connectivity index (χ0) is 15.0. The van der Waals surface area contributed by atoms with Crippen molar-refractivity contribution in [3.63, 3.8) is 0 Å². The monoisotopic (exact) mass is 347 g/mol. The molecule has 1 aromatic heterocycles. The molecule has 3 rings (SSSR count). The highest BCUT2D eigenvalue weighted by molar-refractivity contribution is 9.10. The molecule has 0 radical (unpaired) electrons. The lowest BCUT2D eigenvalue weighted by Gasteiger charge is -2.07. The minimum Gasteiger partial charge on any atom is -0.398 e. The Bertz CT molecular complexity index is 749. The van der Waals surface area contributed by atoms with Gasteiger partial charge >= 0.3 is 0 Å². The van der Waals surface area contributed by atoms with E-state index in [2.05, 4.69) is 31.5 Å². The average molecular weight is 348 g/mol. The van der Waals surface area contributed by atoms with Gasteiger partial charge in [-0.05, 0) is 63.1 Å². The maximum absolute atomic E-state index is 13.3. The van der Waals surface area contributed by atoms with Gasteiger partial charge in [0.05, 0.1) is 10.2 Å². The average Bonchev–Trinajstić information content (AvgIpc) is 2.94. The summed E-state index contributed by atoms with van der Waals surface area (Å²) >= 11 is 3.16. The van der Waals surface area contributed by atoms with Gasteiger partial charge in [-0.1, -0.05) is 12.1 Å². The smallest absolute Gasteiger partial charge is 0.187 e. The first-order valence-electron chi connectivity index (χ1n) is 6.16. The van der Waals surface area contributed by atoms with Crippen LogP contribution in [0.15, 0.2) is 40.9 Å². The van der Waals surface area contributed by atoms with E-state index in [9.17, 15) is 4.39 Å². The van der Waals surface area contributed by atoms with E-state index >= 15 is 0 Å². The lowest BCUT2D eigenvalue weighted by Crippen LogP contribution is -2.01. The molecule has 0 unspecified atom stereocenters. The third-order valence-electron chi connectivity index (χ3n) is 3.15. The number of halogens is 2. The normalized spacial score (nSPS) is 10.8. The van der Waals surface area contributed by atoms with Gasteiger partial charge in [0.1, 0.15) is 5.82 Å². The van der Waals surface area contributed by atoms with E-state index in [4.69, 9.17) is 5.73 Å². The van der Waals surface area contributed by atoms with E-state index in [0.29, 0.717) is 21.7 Å². The fraction of sp³-hybridized carbons (Fsp3) is 0.0714. The molecule has 0 fully saturated rings. The summed E-state index contributed by atoms with van der Waals surface area (Å²) in [5, 5.41) is 11.7. The maximum atomic E-state index is 13.3. The van der Waals surface area contributed by atoms with Gasteiger partial charge in [0, 0.05) is 11.3 Å². The summed E-state index contributed by atoms with van der Waals surface area (Å²) in [4.78, 5) is 0. The molecule has 21 heavy (non-hydrogen) atoms. The molecular weight excluding hydrogens is 337 g/mol. The van der Waals surface area contributed by atoms with Crippen LogP contribution in [0.3, 0.4) is 0 Å². The molecule has 0 amide bonds. The van der Waals surface area contributed by atoms with Crippen LogP contribution < -0.4 is 5.73 Å². The van der Waals surface area contributed by atoms with Gasteiger partial charge < -0.3 is 5.73 Å². The number of hydrogen-bond acceptors (Lipinski definition) is 4. The Morgan fingerprint density at radius 1 is 1.19 bits per heavy atom. The molecule has 3 aromatic rings. The van der Waals surface area contributed by atoms with Crippen molar-refractivity contribution in [2.45, 2.75) is 6.92 Å². The van der Waals surface area contributed by atoms with Crippen molar-refractivity contribution in [2.75, 3.05) is 5.73 Å². The predicted molar refractivity (Wildman–Crippen MR) is 81.4 cm³/mol. The van der Waals surface area contributed by atoms with Gasteiger partial charge in [-0.2, -0.15) is 4.68 Å². The van der Waals surface area contributed by atoms with Crippen molar-refractivity contribution in [1.29, 1.82) is 0 Å². The number of aryl methyl sites for hydroxylation is 1. The molecule has 5 nitrogen and oxygen atoms in total. The molecule has 2 aromatic carbocycles. The molecule has 0 spiro atoms. The van der Waals surface area contributed by atoms with E-state index in [1.54, 1.807) is 12.1 Å². The van der Waals surface area contributed by atoms with Crippen molar-refractivity contribution >= 4 is 21.6 Å². The molecule has 0 aliphatic heterocycles. The largest absolute Gasteiger partial charge is 0.398 e. The van der Waals surface area contributed by atoms with Gasteiger partial charge in [0.25, 0.3) is 0 Å². The van der Waals surface area contributed by atoms with Crippen LogP contribution in [-0.2, 0) is 0 Å². The second kappa shape index (κ2) is 5.25. The maximum Gasteiger partial charge on any atom is 0.187 e. The Labute approximate surface area is 128 Å². The molecule has 0 atom stereocenters. The second-order valence-electron chi connectivity index (χ2n) is 4.58. The molecule has 0 aliphatic carbocycles. The van der Waals surface area contributed by atoms with E-state index < -0.39 is 0 Å². The van der Waals surface area contributed by atoms with Crippen LogP contribution in [0, 0.1) is 12.7 Å². The van der Waals surface area contributed by atoms with Crippen molar-refractivity contribution < 1.29 is 4.39 Å². The van der Waals surface area contributed by atoms with E-state index in [0.717, 1.165) is 11.1 Å². The highest BCUT2D eigenvalue weighted by atomic mass is 79.9. The fourth-order valence-corrected chi connectivity index (χ4v) is 2.30. The SMILES string of the molecule is Cc1ccc(-c2nnnn2-c2ccc(F)c(Br)c2)cc1N. The number of nitrogens with zero attached hydrogens (tertiary/aromatic N) is 4. The number of aromatic nitrogens is 4. The molecule has 106 valence electrons. The number of benzene rings is 2. The molecule has 0 bridgehead atoms. The number of tetrazole rings is 1. The summed E-state index contributed by atoms with van der Waals surface area (Å²) in [5.41, 5.74) is 9.03. The number of rotatable bonds is 2. The summed E-state index contributed by atoms with van der Waals surface area (Å²) in [6.07, 6.45) is 0. The number of hydrogen-bond donors (Lipinski definition) is 1. The standard InChI is InChI=1S/C14H11BrFN5/c1-8-2-3-9(6-13(8)17)14-18-19-20-21(14)10-4-5-12(16)11(15)7-10/h2-7H,17H2,1H3. The Balaban J connectivity index is 2.12. The molecule has 7 heteroatoms. The lowest BCUT2D eigenvalue weighted by atomic mass is 10.1. The first kappa shape index (κ1) is 13.7. The lowest BCUT2D eigenvalue weighted by molar-refractivity contribution is 0.620. The highest BCUT2D eigenvalue weighted by Gasteiger charge is 2.12. The summed E-state index contributed by atoms with van der Waals surface area (Å²) in [5.74, 6) is 0.202. The molecule has 0 aliphatic rings. The minimum atomic E-state index is -0.340. The van der Waals surface area contributed by atoms with Crippen LogP contribution in [0.2, 0.25) is 0 Å². The Hall–Kier alpha value is -2.28. The van der Waals surface area contributed by atoms with E-state index in [-0.39, 0.29) is 5.82 Å². The molecular formula is C14H11BrFN5. The summed E-state index contributed by atoms with van der Waals surface area (Å²) < 4.78 is 15.2. The summed E-state index contributed by atoms with van der Waals surface area (Å²) in [6, 6.07) is 10.2. The summed E-state index contributed by atoms with van der Waals surface area (Å²) in [6.45, 7) is 1.93. The van der Waals surface area contributed by atoms with Crippen LogP contribution in [0.5, 0.6) is 0 Å². The number of nitrogen functional groups attached to an aromatic ring is 1. The first-order chi connectivity index (χ1) is 10.1. The zero-order valence-electron chi connectivity index (χ0n) is 11.1. The van der Waals surface area contributed by atoms with Gasteiger partial charge in [-0.25, -0.2) is 4.39 Å². The van der Waals surface area contributed by atoms with Crippen molar-refractivity contribution in [3.05, 3.63) is 52.3 Å². The third kappa shape index (κ3) is 2.52. The number of anilines is 1. The molecule has 1 heterocycles. The van der Waals surface area contributed by atoms with Crippen molar-refractivity contribution in [1.82, 2.24) is 20.2 Å².